The average Bonchev–Trinajstić information content (AvgIpc) is 2.37. The molecule has 68 valence electrons. The molecule has 0 amide bonds. The molecule has 0 nitrogen and oxygen atoms in total. The van der Waals surface area contributed by atoms with Gasteiger partial charge in [0, 0.05) is 0 Å². The summed E-state index contributed by atoms with van der Waals surface area (Å²) in [4.78, 5) is 0. The average molecular weight is 181 g/mol. The predicted octanol–water partition coefficient (Wildman–Crippen LogP) is 3.33. The van der Waals surface area contributed by atoms with Gasteiger partial charge in [-0.3, -0.25) is 0 Å². The van der Waals surface area contributed by atoms with Crippen LogP contribution in [-0.4, -0.2) is 11.3 Å². The summed E-state index contributed by atoms with van der Waals surface area (Å²) in [6, 6.07) is 8.84. The maximum absolute atomic E-state index is 2.33. The number of rotatable bonds is 3. The standard InChI is InChI=1S/C11H18P/c1-9(2)12(10(3)4)11-7-5-6-8-11/h5-10H,1-4H3/q-1. The minimum atomic E-state index is 0.0633. The smallest absolute Gasteiger partial charge is 0.0337 e. The number of hydrogen-bond donors (Lipinski definition) is 0. The van der Waals surface area contributed by atoms with Crippen molar-refractivity contribution in [3.8, 4) is 0 Å². The summed E-state index contributed by atoms with van der Waals surface area (Å²) in [6.07, 6.45) is 0. The molecule has 0 saturated heterocycles. The van der Waals surface area contributed by atoms with Crippen LogP contribution in [-0.2, 0) is 0 Å². The van der Waals surface area contributed by atoms with Gasteiger partial charge < -0.3 is 0 Å². The Hall–Kier alpha value is -0.220. The third kappa shape index (κ3) is 2.14. The summed E-state index contributed by atoms with van der Waals surface area (Å²) in [6.45, 7) is 9.33. The van der Waals surface area contributed by atoms with Crippen LogP contribution in [0.25, 0.3) is 0 Å². The quantitative estimate of drug-likeness (QED) is 0.495. The Kier molecular flexibility index (Phi) is 3.40. The molecule has 1 aromatic rings. The van der Waals surface area contributed by atoms with Crippen LogP contribution >= 0.6 is 7.92 Å². The first-order valence-corrected chi connectivity index (χ1v) is 6.11. The zero-order valence-corrected chi connectivity index (χ0v) is 9.31. The van der Waals surface area contributed by atoms with E-state index in [1.54, 1.807) is 5.30 Å². The molecule has 0 aliphatic heterocycles. The van der Waals surface area contributed by atoms with Gasteiger partial charge in [-0.15, -0.1) is 7.92 Å². The van der Waals surface area contributed by atoms with E-state index in [0.717, 1.165) is 11.3 Å². The molecule has 1 aromatic carbocycles. The first kappa shape index (κ1) is 9.86. The molecule has 0 N–H and O–H groups in total. The lowest BCUT2D eigenvalue weighted by molar-refractivity contribution is 1.02. The molecule has 0 heterocycles. The summed E-state index contributed by atoms with van der Waals surface area (Å²) < 4.78 is 0. The van der Waals surface area contributed by atoms with Crippen LogP contribution in [0, 0.1) is 0 Å². The third-order valence-electron chi connectivity index (χ3n) is 2.06. The summed E-state index contributed by atoms with van der Waals surface area (Å²) in [5.41, 5.74) is 1.62. The molecular formula is C11H18P-. The van der Waals surface area contributed by atoms with Crippen LogP contribution in [0.15, 0.2) is 24.3 Å². The normalized spacial score (nSPS) is 11.9. The highest BCUT2D eigenvalue weighted by molar-refractivity contribution is 7.66. The van der Waals surface area contributed by atoms with Gasteiger partial charge in [0.25, 0.3) is 0 Å². The van der Waals surface area contributed by atoms with E-state index in [4.69, 9.17) is 0 Å². The van der Waals surface area contributed by atoms with Crippen LogP contribution in [0.5, 0.6) is 0 Å². The van der Waals surface area contributed by atoms with Gasteiger partial charge in [0.1, 0.15) is 0 Å². The highest BCUT2D eigenvalue weighted by Gasteiger charge is 2.12. The molecule has 0 aliphatic carbocycles. The van der Waals surface area contributed by atoms with E-state index < -0.39 is 0 Å². The van der Waals surface area contributed by atoms with Gasteiger partial charge in [-0.2, -0.15) is 23.5 Å². The molecule has 0 bridgehead atoms. The van der Waals surface area contributed by atoms with Gasteiger partial charge in [-0.1, -0.05) is 27.7 Å². The van der Waals surface area contributed by atoms with Gasteiger partial charge in [0.15, 0.2) is 0 Å². The van der Waals surface area contributed by atoms with Crippen molar-refractivity contribution in [2.45, 2.75) is 39.0 Å². The zero-order valence-electron chi connectivity index (χ0n) is 8.41. The molecule has 0 fully saturated rings. The molecule has 1 heteroatoms. The van der Waals surface area contributed by atoms with E-state index in [-0.39, 0.29) is 7.92 Å². The monoisotopic (exact) mass is 181 g/mol. The minimum Gasteiger partial charge on any atom is -0.206 e. The van der Waals surface area contributed by atoms with E-state index in [1.807, 2.05) is 0 Å². The Morgan fingerprint density at radius 3 is 2.08 bits per heavy atom. The predicted molar refractivity (Wildman–Crippen MR) is 58.9 cm³/mol. The van der Waals surface area contributed by atoms with E-state index in [1.165, 1.54) is 0 Å². The molecule has 12 heavy (non-hydrogen) atoms. The molecule has 0 spiro atoms. The lowest BCUT2D eigenvalue weighted by atomic mass is 10.5. The summed E-state index contributed by atoms with van der Waals surface area (Å²) in [5.74, 6) is 0. The van der Waals surface area contributed by atoms with Gasteiger partial charge in [0.05, 0.1) is 0 Å². The zero-order chi connectivity index (χ0) is 9.14. The third-order valence-corrected chi connectivity index (χ3v) is 5.18. The second kappa shape index (κ2) is 4.14. The van der Waals surface area contributed by atoms with Crippen LogP contribution in [0.1, 0.15) is 27.7 Å². The summed E-state index contributed by atoms with van der Waals surface area (Å²) in [7, 11) is 0.0633. The Bertz CT molecular complexity index is 201. The molecule has 0 radical (unpaired) electrons. The van der Waals surface area contributed by atoms with Crippen molar-refractivity contribution in [3.05, 3.63) is 24.3 Å². The molecule has 0 atom stereocenters. The van der Waals surface area contributed by atoms with Crippen molar-refractivity contribution in [3.63, 3.8) is 0 Å². The Morgan fingerprint density at radius 2 is 1.75 bits per heavy atom. The van der Waals surface area contributed by atoms with E-state index in [2.05, 4.69) is 52.0 Å². The first-order valence-electron chi connectivity index (χ1n) is 4.63. The molecule has 0 unspecified atom stereocenters. The SMILES string of the molecule is CC(C)P(c1cc[cH-]c1)C(C)C. The highest BCUT2D eigenvalue weighted by atomic mass is 31.1. The topological polar surface area (TPSA) is 0 Å². The van der Waals surface area contributed by atoms with Crippen molar-refractivity contribution in [2.24, 2.45) is 0 Å². The van der Waals surface area contributed by atoms with Gasteiger partial charge in [0.2, 0.25) is 0 Å². The molecule has 0 saturated carbocycles. The van der Waals surface area contributed by atoms with Crippen LogP contribution in [0.3, 0.4) is 0 Å². The van der Waals surface area contributed by atoms with Crippen molar-refractivity contribution in [1.82, 2.24) is 0 Å². The lowest BCUT2D eigenvalue weighted by Crippen LogP contribution is -2.13. The number of hydrogen-bond acceptors (Lipinski definition) is 0. The van der Waals surface area contributed by atoms with Crippen molar-refractivity contribution in [2.75, 3.05) is 0 Å². The maximum atomic E-state index is 2.33. The Balaban J connectivity index is 2.81. The fourth-order valence-electron chi connectivity index (χ4n) is 1.73. The van der Waals surface area contributed by atoms with Crippen molar-refractivity contribution in [1.29, 1.82) is 0 Å². The van der Waals surface area contributed by atoms with Crippen molar-refractivity contribution < 1.29 is 0 Å². The molecule has 0 aliphatic rings. The van der Waals surface area contributed by atoms with E-state index in [9.17, 15) is 0 Å². The Labute approximate surface area is 77.1 Å². The van der Waals surface area contributed by atoms with E-state index in [0.29, 0.717) is 0 Å². The van der Waals surface area contributed by atoms with Gasteiger partial charge >= 0.3 is 0 Å². The highest BCUT2D eigenvalue weighted by Crippen LogP contribution is 2.44. The van der Waals surface area contributed by atoms with Crippen LogP contribution < -0.4 is 5.30 Å². The Morgan fingerprint density at radius 1 is 1.17 bits per heavy atom. The summed E-state index contributed by atoms with van der Waals surface area (Å²) in [5, 5.41) is 1.56. The maximum Gasteiger partial charge on any atom is -0.0337 e. The van der Waals surface area contributed by atoms with Crippen LogP contribution in [0.4, 0.5) is 0 Å². The minimum absolute atomic E-state index is 0.0633. The first-order chi connectivity index (χ1) is 5.63. The van der Waals surface area contributed by atoms with E-state index >= 15 is 0 Å². The lowest BCUT2D eigenvalue weighted by Gasteiger charge is -2.30. The molecule has 0 aromatic heterocycles. The van der Waals surface area contributed by atoms with Crippen LogP contribution in [0.2, 0.25) is 0 Å². The second-order valence-electron chi connectivity index (χ2n) is 3.74. The molecular weight excluding hydrogens is 163 g/mol. The second-order valence-corrected chi connectivity index (χ2v) is 7.13. The van der Waals surface area contributed by atoms with Gasteiger partial charge in [-0.05, 0) is 11.3 Å². The van der Waals surface area contributed by atoms with Gasteiger partial charge in [-0.25, -0.2) is 6.07 Å². The largest absolute Gasteiger partial charge is 0.206 e. The summed E-state index contributed by atoms with van der Waals surface area (Å²) >= 11 is 0. The van der Waals surface area contributed by atoms with Crippen molar-refractivity contribution >= 4 is 13.2 Å². The fraction of sp³-hybridized carbons (Fsp3) is 0.545. The fourth-order valence-corrected chi connectivity index (χ4v) is 4.63. The molecule has 1 rings (SSSR count).